The van der Waals surface area contributed by atoms with Crippen molar-refractivity contribution in [3.8, 4) is 0 Å². The highest BCUT2D eigenvalue weighted by atomic mass is 16.5. The van der Waals surface area contributed by atoms with Crippen molar-refractivity contribution in [2.45, 2.75) is 19.9 Å². The number of hydrogen-bond donors (Lipinski definition) is 2. The molecule has 3 heterocycles. The molecule has 0 amide bonds. The van der Waals surface area contributed by atoms with Gasteiger partial charge in [0.05, 0.1) is 31.6 Å². The maximum atomic E-state index is 11.4. The van der Waals surface area contributed by atoms with Gasteiger partial charge in [0, 0.05) is 43.0 Å². The largest absolute Gasteiger partial charge is 0.380 e. The highest BCUT2D eigenvalue weighted by Crippen LogP contribution is 2.14. The summed E-state index contributed by atoms with van der Waals surface area (Å²) in [5.74, 6) is 0.330. The van der Waals surface area contributed by atoms with Crippen molar-refractivity contribution >= 4 is 0 Å². The molecule has 1 atom stereocenters. The number of aryl methyl sites for hydroxylation is 1. The van der Waals surface area contributed by atoms with E-state index in [1.165, 1.54) is 6.33 Å². The van der Waals surface area contributed by atoms with Gasteiger partial charge in [0.15, 0.2) is 0 Å². The molecule has 1 aliphatic rings. The monoisotopic (exact) mass is 303 g/mol. The van der Waals surface area contributed by atoms with Gasteiger partial charge in [-0.05, 0) is 13.3 Å². The number of imidazole rings is 1. The third kappa shape index (κ3) is 3.80. The van der Waals surface area contributed by atoms with Crippen LogP contribution in [0.5, 0.6) is 0 Å². The van der Waals surface area contributed by atoms with E-state index in [0.717, 1.165) is 49.7 Å². The van der Waals surface area contributed by atoms with Crippen molar-refractivity contribution in [2.24, 2.45) is 5.92 Å². The number of nitrogens with zero attached hydrogens (tertiary/aromatic N) is 3. The molecule has 22 heavy (non-hydrogen) atoms. The molecule has 1 fully saturated rings. The van der Waals surface area contributed by atoms with Gasteiger partial charge in [0.2, 0.25) is 0 Å². The first-order valence-corrected chi connectivity index (χ1v) is 7.53. The molecule has 1 unspecified atom stereocenters. The SMILES string of the molecule is Cc1[nH]cnc1CN1CCOCC(Cc2cc(=O)[nH]cn2)C1. The number of H-pyrrole nitrogens is 2. The van der Waals surface area contributed by atoms with Gasteiger partial charge in [-0.25, -0.2) is 9.97 Å². The van der Waals surface area contributed by atoms with Crippen LogP contribution in [0.1, 0.15) is 17.1 Å². The minimum Gasteiger partial charge on any atom is -0.380 e. The predicted octanol–water partition coefficient (Wildman–Crippen LogP) is 0.493. The molecule has 1 saturated heterocycles. The first-order chi connectivity index (χ1) is 10.7. The summed E-state index contributed by atoms with van der Waals surface area (Å²) in [5, 5.41) is 0. The molecule has 3 rings (SSSR count). The van der Waals surface area contributed by atoms with Crippen LogP contribution in [0.25, 0.3) is 0 Å². The molecule has 0 radical (unpaired) electrons. The van der Waals surface area contributed by atoms with Crippen LogP contribution in [0.2, 0.25) is 0 Å². The summed E-state index contributed by atoms with van der Waals surface area (Å²) in [6, 6.07) is 1.56. The quantitative estimate of drug-likeness (QED) is 0.858. The number of hydrogen-bond acceptors (Lipinski definition) is 5. The van der Waals surface area contributed by atoms with Crippen LogP contribution in [0, 0.1) is 12.8 Å². The first-order valence-electron chi connectivity index (χ1n) is 7.53. The first kappa shape index (κ1) is 14.9. The van der Waals surface area contributed by atoms with E-state index in [9.17, 15) is 4.79 Å². The maximum absolute atomic E-state index is 11.4. The van der Waals surface area contributed by atoms with Crippen LogP contribution >= 0.6 is 0 Å². The smallest absolute Gasteiger partial charge is 0.250 e. The summed E-state index contributed by atoms with van der Waals surface area (Å²) in [6.07, 6.45) is 3.94. The molecule has 7 heteroatoms. The molecule has 0 bridgehead atoms. The number of aromatic nitrogens is 4. The van der Waals surface area contributed by atoms with Crippen molar-refractivity contribution in [3.63, 3.8) is 0 Å². The molecule has 0 aromatic carbocycles. The zero-order valence-corrected chi connectivity index (χ0v) is 12.7. The minimum atomic E-state index is -0.108. The summed E-state index contributed by atoms with van der Waals surface area (Å²) >= 11 is 0. The van der Waals surface area contributed by atoms with Gasteiger partial charge >= 0.3 is 0 Å². The predicted molar refractivity (Wildman–Crippen MR) is 81.5 cm³/mol. The molecule has 0 spiro atoms. The average molecular weight is 303 g/mol. The fraction of sp³-hybridized carbons (Fsp3) is 0.533. The number of nitrogens with one attached hydrogen (secondary N) is 2. The molecular weight excluding hydrogens is 282 g/mol. The Hall–Kier alpha value is -1.99. The molecule has 118 valence electrons. The summed E-state index contributed by atoms with van der Waals surface area (Å²) in [5.41, 5.74) is 2.89. The number of aromatic amines is 2. The Kier molecular flexibility index (Phi) is 4.65. The fourth-order valence-electron chi connectivity index (χ4n) is 2.79. The molecule has 2 N–H and O–H groups in total. The topological polar surface area (TPSA) is 86.9 Å². The van der Waals surface area contributed by atoms with Crippen LogP contribution in [-0.2, 0) is 17.7 Å². The van der Waals surface area contributed by atoms with Gasteiger partial charge in [-0.3, -0.25) is 9.69 Å². The standard InChI is InChI=1S/C15H21N5O2/c1-11-14(18-9-16-11)7-20-2-3-22-8-12(6-20)4-13-5-15(21)19-10-17-13/h5,9-10,12H,2-4,6-8H2,1H3,(H,16,18)(H,17,19,21). The van der Waals surface area contributed by atoms with Crippen LogP contribution < -0.4 is 5.56 Å². The molecule has 7 nitrogen and oxygen atoms in total. The lowest BCUT2D eigenvalue weighted by Gasteiger charge is -2.22. The van der Waals surface area contributed by atoms with E-state index in [0.29, 0.717) is 12.5 Å². The van der Waals surface area contributed by atoms with Crippen molar-refractivity contribution in [1.82, 2.24) is 24.8 Å². The Morgan fingerprint density at radius 3 is 3.00 bits per heavy atom. The number of ether oxygens (including phenoxy) is 1. The molecule has 0 saturated carbocycles. The van der Waals surface area contributed by atoms with Gasteiger partial charge in [-0.2, -0.15) is 0 Å². The molecule has 2 aromatic rings. The molecule has 1 aliphatic heterocycles. The van der Waals surface area contributed by atoms with Gasteiger partial charge in [0.1, 0.15) is 0 Å². The Balaban J connectivity index is 1.65. The van der Waals surface area contributed by atoms with Gasteiger partial charge in [-0.1, -0.05) is 0 Å². The van der Waals surface area contributed by atoms with Crippen molar-refractivity contribution in [1.29, 1.82) is 0 Å². The summed E-state index contributed by atoms with van der Waals surface area (Å²) in [6.45, 7) is 6.09. The highest BCUT2D eigenvalue weighted by Gasteiger charge is 2.20. The lowest BCUT2D eigenvalue weighted by Crippen LogP contribution is -2.31. The van der Waals surface area contributed by atoms with Crippen molar-refractivity contribution in [2.75, 3.05) is 26.3 Å². The second-order valence-corrected chi connectivity index (χ2v) is 5.76. The van der Waals surface area contributed by atoms with E-state index in [-0.39, 0.29) is 5.56 Å². The summed E-state index contributed by atoms with van der Waals surface area (Å²) in [7, 11) is 0. The molecule has 2 aromatic heterocycles. The zero-order valence-electron chi connectivity index (χ0n) is 12.7. The van der Waals surface area contributed by atoms with E-state index in [1.54, 1.807) is 12.4 Å². The van der Waals surface area contributed by atoms with Crippen LogP contribution in [-0.4, -0.2) is 51.1 Å². The minimum absolute atomic E-state index is 0.108. The van der Waals surface area contributed by atoms with Gasteiger partial charge in [-0.15, -0.1) is 0 Å². The highest BCUT2D eigenvalue weighted by molar-refractivity contribution is 5.08. The van der Waals surface area contributed by atoms with Gasteiger partial charge < -0.3 is 14.7 Å². The van der Waals surface area contributed by atoms with Crippen LogP contribution in [0.4, 0.5) is 0 Å². The maximum Gasteiger partial charge on any atom is 0.250 e. The van der Waals surface area contributed by atoms with Crippen LogP contribution in [0.3, 0.4) is 0 Å². The Bertz CT molecular complexity index is 666. The normalized spacial score (nSPS) is 20.0. The molecular formula is C15H21N5O2. The zero-order chi connectivity index (χ0) is 15.4. The van der Waals surface area contributed by atoms with Crippen molar-refractivity contribution < 1.29 is 4.74 Å². The van der Waals surface area contributed by atoms with E-state index >= 15 is 0 Å². The van der Waals surface area contributed by atoms with Crippen LogP contribution in [0.15, 0.2) is 23.5 Å². The summed E-state index contributed by atoms with van der Waals surface area (Å²) in [4.78, 5) is 28.0. The van der Waals surface area contributed by atoms with E-state index in [2.05, 4.69) is 24.8 Å². The number of rotatable bonds is 4. The molecule has 0 aliphatic carbocycles. The Morgan fingerprint density at radius 2 is 2.23 bits per heavy atom. The average Bonchev–Trinajstić information content (AvgIpc) is 2.76. The lowest BCUT2D eigenvalue weighted by molar-refractivity contribution is 0.121. The second kappa shape index (κ2) is 6.85. The van der Waals surface area contributed by atoms with Crippen molar-refractivity contribution in [3.05, 3.63) is 46.2 Å². The van der Waals surface area contributed by atoms with E-state index < -0.39 is 0 Å². The third-order valence-corrected chi connectivity index (χ3v) is 3.96. The fourth-order valence-corrected chi connectivity index (χ4v) is 2.79. The second-order valence-electron chi connectivity index (χ2n) is 5.76. The summed E-state index contributed by atoms with van der Waals surface area (Å²) < 4.78 is 5.71. The Labute approximate surface area is 128 Å². The third-order valence-electron chi connectivity index (χ3n) is 3.96. The Morgan fingerprint density at radius 1 is 1.36 bits per heavy atom. The van der Waals surface area contributed by atoms with E-state index in [1.807, 2.05) is 6.92 Å². The van der Waals surface area contributed by atoms with Gasteiger partial charge in [0.25, 0.3) is 5.56 Å². The lowest BCUT2D eigenvalue weighted by atomic mass is 10.0. The van der Waals surface area contributed by atoms with E-state index in [4.69, 9.17) is 4.74 Å².